The molecule has 8 heteroatoms. The number of hydrogen-bond donors (Lipinski definition) is 1. The van der Waals surface area contributed by atoms with E-state index in [1.807, 2.05) is 0 Å². The first-order chi connectivity index (χ1) is 8.31. The highest BCUT2D eigenvalue weighted by Gasteiger charge is 2.63. The number of halogens is 4. The van der Waals surface area contributed by atoms with Crippen molar-refractivity contribution < 1.29 is 13.2 Å². The van der Waals surface area contributed by atoms with E-state index in [2.05, 4.69) is 10.4 Å². The monoisotopic (exact) mass is 281 g/mol. The average Bonchev–Trinajstić information content (AvgIpc) is 3.06. The van der Waals surface area contributed by atoms with Crippen molar-refractivity contribution in [1.29, 1.82) is 0 Å². The van der Waals surface area contributed by atoms with Gasteiger partial charge >= 0.3 is 6.18 Å². The van der Waals surface area contributed by atoms with Gasteiger partial charge in [0.15, 0.2) is 0 Å². The fourth-order valence-corrected chi connectivity index (χ4v) is 1.83. The van der Waals surface area contributed by atoms with Crippen molar-refractivity contribution in [2.45, 2.75) is 38.0 Å². The number of nitrogens with zero attached hydrogens (tertiary/aromatic N) is 2. The Morgan fingerprint density at radius 2 is 2.17 bits per heavy atom. The Morgan fingerprint density at radius 3 is 2.61 bits per heavy atom. The number of rotatable bonds is 3. The highest BCUT2D eigenvalue weighted by atomic mass is 35.5. The summed E-state index contributed by atoms with van der Waals surface area (Å²) in [7, 11) is 0. The quantitative estimate of drug-likeness (QED) is 0.925. The molecule has 1 fully saturated rings. The molecule has 0 amide bonds. The van der Waals surface area contributed by atoms with Gasteiger partial charge in [-0.3, -0.25) is 4.79 Å². The van der Waals surface area contributed by atoms with Gasteiger partial charge in [-0.2, -0.15) is 18.3 Å². The minimum Gasteiger partial charge on any atom is -0.369 e. The highest BCUT2D eigenvalue weighted by Crippen LogP contribution is 2.51. The van der Waals surface area contributed by atoms with Crippen LogP contribution in [0.2, 0.25) is 5.02 Å². The van der Waals surface area contributed by atoms with Crippen molar-refractivity contribution in [2.24, 2.45) is 0 Å². The Hall–Kier alpha value is -1.24. The molecule has 0 spiro atoms. The molecule has 0 radical (unpaired) electrons. The molecule has 0 unspecified atom stereocenters. The molecule has 1 N–H and O–H groups in total. The van der Waals surface area contributed by atoms with Crippen molar-refractivity contribution >= 4 is 17.3 Å². The van der Waals surface area contributed by atoms with Gasteiger partial charge in [-0.1, -0.05) is 11.6 Å². The van der Waals surface area contributed by atoms with Gasteiger partial charge in [0.05, 0.1) is 11.9 Å². The van der Waals surface area contributed by atoms with Crippen LogP contribution in [0.3, 0.4) is 0 Å². The third-order valence-electron chi connectivity index (χ3n) is 2.95. The van der Waals surface area contributed by atoms with Crippen LogP contribution in [-0.4, -0.2) is 21.5 Å². The van der Waals surface area contributed by atoms with E-state index in [4.69, 9.17) is 11.6 Å². The second-order valence-electron chi connectivity index (χ2n) is 4.20. The van der Waals surface area contributed by atoms with E-state index in [1.54, 1.807) is 6.92 Å². The molecule has 0 saturated heterocycles. The Balaban J connectivity index is 2.32. The van der Waals surface area contributed by atoms with Gasteiger partial charge in [-0.05, 0) is 19.8 Å². The Morgan fingerprint density at radius 1 is 1.56 bits per heavy atom. The van der Waals surface area contributed by atoms with Crippen molar-refractivity contribution in [2.75, 3.05) is 5.32 Å². The van der Waals surface area contributed by atoms with E-state index in [-0.39, 0.29) is 23.6 Å². The molecule has 2 rings (SSSR count). The zero-order valence-corrected chi connectivity index (χ0v) is 10.3. The lowest BCUT2D eigenvalue weighted by molar-refractivity contribution is -0.151. The molecule has 1 aromatic rings. The van der Waals surface area contributed by atoms with Crippen LogP contribution in [0.25, 0.3) is 0 Å². The minimum absolute atomic E-state index is 0.0241. The molecule has 1 aromatic heterocycles. The second-order valence-corrected chi connectivity index (χ2v) is 4.58. The summed E-state index contributed by atoms with van der Waals surface area (Å²) in [5.74, 6) is 0. The van der Waals surface area contributed by atoms with Gasteiger partial charge in [0.2, 0.25) is 0 Å². The number of aromatic nitrogens is 2. The molecule has 1 aliphatic carbocycles. The lowest BCUT2D eigenvalue weighted by atomic mass is 10.2. The molecule has 1 aliphatic rings. The zero-order valence-electron chi connectivity index (χ0n) is 9.51. The molecule has 1 heterocycles. The topological polar surface area (TPSA) is 46.9 Å². The van der Waals surface area contributed by atoms with E-state index in [1.165, 1.54) is 0 Å². The van der Waals surface area contributed by atoms with E-state index in [9.17, 15) is 18.0 Å². The van der Waals surface area contributed by atoms with Gasteiger partial charge in [0.1, 0.15) is 10.6 Å². The molecule has 0 aromatic carbocycles. The fourth-order valence-electron chi connectivity index (χ4n) is 1.64. The van der Waals surface area contributed by atoms with Gasteiger partial charge in [0.25, 0.3) is 5.56 Å². The summed E-state index contributed by atoms with van der Waals surface area (Å²) in [5, 5.41) is 5.78. The summed E-state index contributed by atoms with van der Waals surface area (Å²) in [6.07, 6.45) is -3.26. The van der Waals surface area contributed by atoms with Crippen LogP contribution in [-0.2, 0) is 6.54 Å². The first-order valence-corrected chi connectivity index (χ1v) is 5.79. The molecule has 0 atom stereocenters. The van der Waals surface area contributed by atoms with Crippen LogP contribution in [0.1, 0.15) is 19.8 Å². The molecular weight excluding hydrogens is 271 g/mol. The summed E-state index contributed by atoms with van der Waals surface area (Å²) in [6, 6.07) is 0. The summed E-state index contributed by atoms with van der Waals surface area (Å²) < 4.78 is 39.3. The van der Waals surface area contributed by atoms with Gasteiger partial charge in [-0.25, -0.2) is 4.68 Å². The highest BCUT2D eigenvalue weighted by molar-refractivity contribution is 6.33. The maximum atomic E-state index is 12.7. The van der Waals surface area contributed by atoms with Crippen LogP contribution < -0.4 is 10.9 Å². The molecular formula is C10H11ClF3N3O. The summed E-state index contributed by atoms with van der Waals surface area (Å²) in [6.45, 7) is 2.00. The number of aryl methyl sites for hydroxylation is 1. The number of alkyl halides is 3. The smallest absolute Gasteiger partial charge is 0.369 e. The normalized spacial score (nSPS) is 17.6. The zero-order chi connectivity index (χ0) is 13.6. The number of hydrogen-bond acceptors (Lipinski definition) is 3. The van der Waals surface area contributed by atoms with E-state index >= 15 is 0 Å². The number of nitrogens with one attached hydrogen (secondary N) is 1. The van der Waals surface area contributed by atoms with Gasteiger partial charge in [-0.15, -0.1) is 0 Å². The Labute approximate surface area is 106 Å². The first-order valence-electron chi connectivity index (χ1n) is 5.41. The predicted octanol–water partition coefficient (Wildman–Crippen LogP) is 2.42. The molecule has 0 aliphatic heterocycles. The SMILES string of the molecule is CCn1ncc(NC2(C(F)(F)F)CC2)c(Cl)c1=O. The molecule has 4 nitrogen and oxygen atoms in total. The standard InChI is InChI=1S/C10H11ClF3N3O/c1-2-17-8(18)7(11)6(5-15-17)16-9(3-4-9)10(12,13)14/h5,16H,2-4H2,1H3. The molecule has 100 valence electrons. The minimum atomic E-state index is -4.37. The van der Waals surface area contributed by atoms with E-state index < -0.39 is 17.3 Å². The predicted molar refractivity (Wildman–Crippen MR) is 60.8 cm³/mol. The Kier molecular flexibility index (Phi) is 3.04. The third kappa shape index (κ3) is 2.07. The first kappa shape index (κ1) is 13.2. The van der Waals surface area contributed by atoms with Gasteiger partial charge in [0, 0.05) is 6.54 Å². The molecule has 1 saturated carbocycles. The average molecular weight is 282 g/mol. The second kappa shape index (κ2) is 4.15. The summed E-state index contributed by atoms with van der Waals surface area (Å²) >= 11 is 5.76. The van der Waals surface area contributed by atoms with Crippen LogP contribution in [0.5, 0.6) is 0 Å². The van der Waals surface area contributed by atoms with Crippen molar-refractivity contribution in [3.63, 3.8) is 0 Å². The fraction of sp³-hybridized carbons (Fsp3) is 0.600. The van der Waals surface area contributed by atoms with Crippen molar-refractivity contribution in [3.05, 3.63) is 21.6 Å². The lowest BCUT2D eigenvalue weighted by Gasteiger charge is -2.22. The van der Waals surface area contributed by atoms with Crippen LogP contribution in [0.15, 0.2) is 11.0 Å². The van der Waals surface area contributed by atoms with Gasteiger partial charge < -0.3 is 5.32 Å². The van der Waals surface area contributed by atoms with E-state index in [0.717, 1.165) is 10.9 Å². The van der Waals surface area contributed by atoms with Crippen molar-refractivity contribution in [3.8, 4) is 0 Å². The maximum absolute atomic E-state index is 12.7. The largest absolute Gasteiger partial charge is 0.411 e. The van der Waals surface area contributed by atoms with Crippen LogP contribution in [0, 0.1) is 0 Å². The summed E-state index contributed by atoms with van der Waals surface area (Å²) in [4.78, 5) is 11.6. The molecule has 18 heavy (non-hydrogen) atoms. The van der Waals surface area contributed by atoms with Crippen LogP contribution in [0.4, 0.5) is 18.9 Å². The number of anilines is 1. The maximum Gasteiger partial charge on any atom is 0.411 e. The third-order valence-corrected chi connectivity index (χ3v) is 3.32. The van der Waals surface area contributed by atoms with E-state index in [0.29, 0.717) is 6.54 Å². The van der Waals surface area contributed by atoms with Crippen LogP contribution >= 0.6 is 11.6 Å². The molecule has 0 bridgehead atoms. The lowest BCUT2D eigenvalue weighted by Crippen LogP contribution is -2.39. The van der Waals surface area contributed by atoms with Crippen molar-refractivity contribution in [1.82, 2.24) is 9.78 Å². The summed E-state index contributed by atoms with van der Waals surface area (Å²) in [5.41, 5.74) is -2.62. The Bertz CT molecular complexity index is 522.